The van der Waals surface area contributed by atoms with Crippen molar-refractivity contribution in [2.24, 2.45) is 11.8 Å². The van der Waals surface area contributed by atoms with E-state index in [2.05, 4.69) is 30.3 Å². The number of aliphatic hydroxyl groups is 1. The highest BCUT2D eigenvalue weighted by Gasteiger charge is 2.42. The average Bonchev–Trinajstić information content (AvgIpc) is 3.25. The molecule has 0 saturated heterocycles. The Morgan fingerprint density at radius 2 is 1.70 bits per heavy atom. The summed E-state index contributed by atoms with van der Waals surface area (Å²) in [6.45, 7) is 2.34. The van der Waals surface area contributed by atoms with Crippen LogP contribution in [0.3, 0.4) is 0 Å². The first-order valence-electron chi connectivity index (χ1n) is 14.5. The topological polar surface area (TPSA) is 113 Å². The molecule has 5 atom stereocenters. The molecule has 0 heterocycles. The maximum atomic E-state index is 11.0. The molecule has 1 aromatic carbocycles. The molecule has 1 aliphatic rings. The summed E-state index contributed by atoms with van der Waals surface area (Å²) in [6, 6.07) is 10.4. The van der Waals surface area contributed by atoms with E-state index in [-0.39, 0.29) is 44.1 Å². The summed E-state index contributed by atoms with van der Waals surface area (Å²) in [5, 5.41) is 19.8. The Kier molecular flexibility index (Phi) is 18.8. The van der Waals surface area contributed by atoms with Gasteiger partial charge in [0, 0.05) is 27.1 Å². The van der Waals surface area contributed by atoms with Crippen molar-refractivity contribution < 1.29 is 43.4 Å². The summed E-state index contributed by atoms with van der Waals surface area (Å²) in [6.07, 6.45) is 9.73. The minimum Gasteiger partial charge on any atom is -0.481 e. The smallest absolute Gasteiger partial charge is 0.303 e. The highest BCUT2D eigenvalue weighted by atomic mass is 16.7. The van der Waals surface area contributed by atoms with E-state index in [0.717, 1.165) is 32.1 Å². The second-order valence-corrected chi connectivity index (χ2v) is 10.3. The summed E-state index contributed by atoms with van der Waals surface area (Å²) >= 11 is 0. The van der Waals surface area contributed by atoms with Crippen molar-refractivity contribution in [2.45, 2.75) is 76.1 Å². The van der Waals surface area contributed by atoms with Crippen LogP contribution < -0.4 is 0 Å². The maximum absolute atomic E-state index is 11.0. The van der Waals surface area contributed by atoms with Crippen LogP contribution in [0.15, 0.2) is 42.5 Å². The number of methoxy groups -OCH3 is 2. The van der Waals surface area contributed by atoms with Gasteiger partial charge in [-0.15, -0.1) is 0 Å². The zero-order valence-electron chi connectivity index (χ0n) is 24.3. The van der Waals surface area contributed by atoms with Crippen molar-refractivity contribution in [2.75, 3.05) is 54.2 Å². The molecule has 0 spiro atoms. The van der Waals surface area contributed by atoms with Crippen LogP contribution in [0.25, 0.3) is 0 Å². The fourth-order valence-electron chi connectivity index (χ4n) is 5.16. The third-order valence-corrected chi connectivity index (χ3v) is 7.37. The monoisotopic (exact) mass is 566 g/mol. The average molecular weight is 567 g/mol. The Morgan fingerprint density at radius 3 is 2.40 bits per heavy atom. The lowest BCUT2D eigenvalue weighted by atomic mass is 9.85. The van der Waals surface area contributed by atoms with Crippen molar-refractivity contribution in [1.82, 2.24) is 0 Å². The molecule has 1 aliphatic carbocycles. The minimum atomic E-state index is -0.777. The molecule has 1 fully saturated rings. The number of carboxylic acid groups (broad SMARTS) is 1. The van der Waals surface area contributed by atoms with E-state index in [0.29, 0.717) is 45.7 Å². The fraction of sp³-hybridized carbons (Fsp3) is 0.710. The van der Waals surface area contributed by atoms with Gasteiger partial charge in [0.05, 0.1) is 44.7 Å². The number of carboxylic acids is 1. The van der Waals surface area contributed by atoms with Crippen LogP contribution in [-0.4, -0.2) is 88.7 Å². The van der Waals surface area contributed by atoms with E-state index in [1.807, 2.05) is 12.1 Å². The second kappa shape index (κ2) is 21.8. The van der Waals surface area contributed by atoms with Gasteiger partial charge < -0.3 is 38.6 Å². The number of aliphatic hydroxyl groups excluding tert-OH is 1. The highest BCUT2D eigenvalue weighted by molar-refractivity contribution is 5.66. The molecule has 0 amide bonds. The lowest BCUT2D eigenvalue weighted by molar-refractivity contribution is -0.137. The van der Waals surface area contributed by atoms with Crippen molar-refractivity contribution in [3.05, 3.63) is 48.0 Å². The Morgan fingerprint density at radius 1 is 0.975 bits per heavy atom. The number of unbranched alkanes of at least 4 members (excludes halogenated alkanes) is 1. The molecule has 1 saturated carbocycles. The van der Waals surface area contributed by atoms with Gasteiger partial charge in [-0.2, -0.15) is 0 Å². The lowest BCUT2D eigenvalue weighted by Gasteiger charge is -2.27. The molecule has 2 rings (SSSR count). The summed E-state index contributed by atoms with van der Waals surface area (Å²) in [7, 11) is 3.28. The zero-order chi connectivity index (χ0) is 28.8. The van der Waals surface area contributed by atoms with Crippen LogP contribution >= 0.6 is 0 Å². The van der Waals surface area contributed by atoms with Crippen molar-refractivity contribution in [1.29, 1.82) is 0 Å². The van der Waals surface area contributed by atoms with Gasteiger partial charge in [0.25, 0.3) is 0 Å². The van der Waals surface area contributed by atoms with E-state index >= 15 is 0 Å². The highest BCUT2D eigenvalue weighted by Crippen LogP contribution is 2.40. The van der Waals surface area contributed by atoms with E-state index in [1.165, 1.54) is 5.56 Å². The van der Waals surface area contributed by atoms with Crippen LogP contribution in [0, 0.1) is 11.8 Å². The number of ether oxygens (including phenoxy) is 6. The summed E-state index contributed by atoms with van der Waals surface area (Å²) < 4.78 is 33.5. The first-order chi connectivity index (χ1) is 19.5. The predicted octanol–water partition coefficient (Wildman–Crippen LogP) is 4.61. The lowest BCUT2D eigenvalue weighted by Crippen LogP contribution is -2.27. The Labute approximate surface area is 239 Å². The van der Waals surface area contributed by atoms with Gasteiger partial charge in [0.1, 0.15) is 13.6 Å². The van der Waals surface area contributed by atoms with Gasteiger partial charge in [0.15, 0.2) is 0 Å². The Balaban J connectivity index is 1.99. The molecule has 0 unspecified atom stereocenters. The van der Waals surface area contributed by atoms with Crippen LogP contribution in [-0.2, 0) is 39.6 Å². The van der Waals surface area contributed by atoms with Crippen molar-refractivity contribution >= 4 is 5.97 Å². The fourth-order valence-corrected chi connectivity index (χ4v) is 5.16. The summed E-state index contributed by atoms with van der Waals surface area (Å²) in [5.74, 6) is -0.588. The zero-order valence-corrected chi connectivity index (χ0v) is 24.3. The number of allylic oxidation sites excluding steroid dienone is 2. The number of benzene rings is 1. The second-order valence-electron chi connectivity index (χ2n) is 10.3. The van der Waals surface area contributed by atoms with Crippen molar-refractivity contribution in [3.8, 4) is 0 Å². The van der Waals surface area contributed by atoms with E-state index in [4.69, 9.17) is 33.5 Å². The van der Waals surface area contributed by atoms with Crippen LogP contribution in [0.5, 0.6) is 0 Å². The molecule has 1 aromatic rings. The van der Waals surface area contributed by atoms with E-state index in [1.54, 1.807) is 14.2 Å². The molecular weight excluding hydrogens is 516 g/mol. The molecule has 2 N–H and O–H groups in total. The molecule has 9 heteroatoms. The molecule has 0 bridgehead atoms. The number of rotatable bonds is 24. The van der Waals surface area contributed by atoms with E-state index in [9.17, 15) is 9.90 Å². The van der Waals surface area contributed by atoms with Crippen molar-refractivity contribution in [3.63, 3.8) is 0 Å². The standard InChI is InChI=1S/C31H50O9/c1-35-18-20-37-23-39-26(15-14-25-10-6-5-7-11-25)16-17-28-27(12-8-3-4-9-13-31(33)34)29(32)22-30(28)40-24-38-21-19-36-2/h3,5-8,10-11,26-30,32H,4,9,12-24H2,1-2H3,(H,33,34)/t26-,27+,28+,29-,30+/m0/s1. The van der Waals surface area contributed by atoms with Crippen LogP contribution in [0.2, 0.25) is 0 Å². The van der Waals surface area contributed by atoms with E-state index < -0.39 is 12.1 Å². The third-order valence-electron chi connectivity index (χ3n) is 7.37. The van der Waals surface area contributed by atoms with Gasteiger partial charge in [-0.1, -0.05) is 42.5 Å². The largest absolute Gasteiger partial charge is 0.481 e. The number of hydrogen-bond donors (Lipinski definition) is 2. The van der Waals surface area contributed by atoms with Gasteiger partial charge in [-0.3, -0.25) is 4.79 Å². The quantitative estimate of drug-likeness (QED) is 0.105. The normalized spacial score (nSPS) is 21.8. The van der Waals surface area contributed by atoms with Crippen LogP contribution in [0.4, 0.5) is 0 Å². The number of aryl methyl sites for hydroxylation is 1. The Bertz CT molecular complexity index is 788. The number of carbonyl (C=O) groups is 1. The molecule has 0 radical (unpaired) electrons. The molecule has 0 aliphatic heterocycles. The third kappa shape index (κ3) is 14.7. The van der Waals surface area contributed by atoms with Gasteiger partial charge >= 0.3 is 5.97 Å². The first kappa shape index (κ1) is 34.4. The number of hydrogen-bond acceptors (Lipinski definition) is 8. The molecular formula is C31H50O9. The predicted molar refractivity (Wildman–Crippen MR) is 152 cm³/mol. The van der Waals surface area contributed by atoms with Gasteiger partial charge in [-0.05, 0) is 62.3 Å². The maximum Gasteiger partial charge on any atom is 0.303 e. The molecule has 40 heavy (non-hydrogen) atoms. The number of aliphatic carboxylic acids is 1. The summed E-state index contributed by atoms with van der Waals surface area (Å²) in [5.41, 5.74) is 1.27. The van der Waals surface area contributed by atoms with Crippen LogP contribution in [0.1, 0.15) is 56.9 Å². The molecule has 228 valence electrons. The SMILES string of the molecule is COCCOCO[C@@H](CCc1ccccc1)CC[C@@H]1[C@@H](CC=CCCCC(=O)O)[C@@H](O)C[C@H]1OCOCCOC. The molecule has 9 nitrogen and oxygen atoms in total. The molecule has 0 aromatic heterocycles. The first-order valence-corrected chi connectivity index (χ1v) is 14.5. The Hall–Kier alpha value is -1.85. The van der Waals surface area contributed by atoms with Gasteiger partial charge in [0.2, 0.25) is 0 Å². The van der Waals surface area contributed by atoms with Gasteiger partial charge in [-0.25, -0.2) is 0 Å². The minimum absolute atomic E-state index is 0.00584. The summed E-state index contributed by atoms with van der Waals surface area (Å²) in [4.78, 5) is 10.8.